The normalized spacial score (nSPS) is 13.8. The average molecular weight is 377 g/mol. The Hall–Kier alpha value is -0.820. The van der Waals surface area contributed by atoms with Gasteiger partial charge in [0, 0.05) is 10.7 Å². The molecule has 0 aliphatic heterocycles. The highest BCUT2D eigenvalue weighted by Gasteiger charge is 2.25. The van der Waals surface area contributed by atoms with Gasteiger partial charge in [-0.15, -0.1) is 0 Å². The predicted octanol–water partition coefficient (Wildman–Crippen LogP) is 3.63. The highest BCUT2D eigenvalue weighted by molar-refractivity contribution is 14.1. The first-order valence-corrected chi connectivity index (χ1v) is 7.40. The number of carbonyl (C=O) groups excluding carboxylic acids is 1. The molecule has 1 rings (SSSR count). The Labute approximate surface area is 127 Å². The Bertz CT molecular complexity index is 411. The molecule has 0 aromatic heterocycles. The second-order valence-electron chi connectivity index (χ2n) is 4.33. The van der Waals surface area contributed by atoms with E-state index in [1.54, 1.807) is 7.11 Å². The number of ether oxygens (including phenoxy) is 2. The predicted molar refractivity (Wildman–Crippen MR) is 82.9 cm³/mol. The first-order valence-electron chi connectivity index (χ1n) is 6.32. The van der Waals surface area contributed by atoms with Gasteiger partial charge in [0.25, 0.3) is 0 Å². The van der Waals surface area contributed by atoms with E-state index in [9.17, 15) is 4.79 Å². The Morgan fingerprint density at radius 3 is 2.74 bits per heavy atom. The monoisotopic (exact) mass is 377 g/mol. The first-order chi connectivity index (χ1) is 9.08. The lowest BCUT2D eigenvalue weighted by Crippen LogP contribution is -2.29. The molecule has 0 bridgehead atoms. The van der Waals surface area contributed by atoms with Gasteiger partial charge in [0.05, 0.1) is 0 Å². The van der Waals surface area contributed by atoms with Crippen LogP contribution in [0.15, 0.2) is 24.3 Å². The smallest absolute Gasteiger partial charge is 0.404 e. The third-order valence-corrected chi connectivity index (χ3v) is 3.55. The van der Waals surface area contributed by atoms with Crippen molar-refractivity contribution >= 4 is 28.7 Å². The molecule has 4 nitrogen and oxygen atoms in total. The van der Waals surface area contributed by atoms with Crippen LogP contribution < -0.4 is 5.73 Å². The summed E-state index contributed by atoms with van der Waals surface area (Å²) in [5.41, 5.74) is 6.14. The van der Waals surface area contributed by atoms with E-state index < -0.39 is 6.09 Å². The summed E-state index contributed by atoms with van der Waals surface area (Å²) in [6, 6.07) is 7.97. The summed E-state index contributed by atoms with van der Waals surface area (Å²) < 4.78 is 11.8. The standard InChI is InChI=1S/C14H20INO3/c1-3-4-8-12(19-14(16)17)13(18-2)10-6-5-7-11(15)9-10/h5-7,9,12-13H,3-4,8H2,1-2H3,(H2,16,17)/t12-,13-/m0/s1. The zero-order valence-corrected chi connectivity index (χ0v) is 13.4. The van der Waals surface area contributed by atoms with Crippen molar-refractivity contribution in [3.05, 3.63) is 33.4 Å². The molecule has 0 saturated carbocycles. The van der Waals surface area contributed by atoms with Gasteiger partial charge in [-0.3, -0.25) is 0 Å². The zero-order chi connectivity index (χ0) is 14.3. The van der Waals surface area contributed by atoms with Gasteiger partial charge in [-0.25, -0.2) is 4.79 Å². The van der Waals surface area contributed by atoms with E-state index in [4.69, 9.17) is 15.2 Å². The van der Waals surface area contributed by atoms with Gasteiger partial charge in [0.1, 0.15) is 12.2 Å². The summed E-state index contributed by atoms with van der Waals surface area (Å²) in [5.74, 6) is 0. The molecule has 0 spiro atoms. The molecule has 0 fully saturated rings. The van der Waals surface area contributed by atoms with Crippen LogP contribution in [0, 0.1) is 3.57 Å². The van der Waals surface area contributed by atoms with Crippen molar-refractivity contribution in [2.75, 3.05) is 7.11 Å². The number of benzene rings is 1. The molecule has 1 aromatic carbocycles. The third kappa shape index (κ3) is 5.36. The second kappa shape index (κ2) is 8.37. The summed E-state index contributed by atoms with van der Waals surface area (Å²) in [6.07, 6.45) is 1.34. The van der Waals surface area contributed by atoms with Gasteiger partial charge < -0.3 is 15.2 Å². The van der Waals surface area contributed by atoms with Crippen LogP contribution in [-0.4, -0.2) is 19.3 Å². The van der Waals surface area contributed by atoms with Crippen LogP contribution in [0.2, 0.25) is 0 Å². The molecule has 0 aliphatic rings. The minimum Gasteiger partial charge on any atom is -0.443 e. The van der Waals surface area contributed by atoms with Crippen LogP contribution in [0.3, 0.4) is 0 Å². The van der Waals surface area contributed by atoms with Crippen LogP contribution in [0.4, 0.5) is 4.79 Å². The third-order valence-electron chi connectivity index (χ3n) is 2.88. The maximum atomic E-state index is 11.0. The highest BCUT2D eigenvalue weighted by Crippen LogP contribution is 2.27. The molecule has 2 atom stereocenters. The highest BCUT2D eigenvalue weighted by atomic mass is 127. The largest absolute Gasteiger partial charge is 0.443 e. The van der Waals surface area contributed by atoms with E-state index in [-0.39, 0.29) is 12.2 Å². The Morgan fingerprint density at radius 2 is 2.21 bits per heavy atom. The van der Waals surface area contributed by atoms with Gasteiger partial charge >= 0.3 is 6.09 Å². The van der Waals surface area contributed by atoms with Gasteiger partial charge in [0.2, 0.25) is 0 Å². The number of halogens is 1. The molecule has 1 aromatic rings. The Kier molecular flexibility index (Phi) is 7.15. The van der Waals surface area contributed by atoms with Crippen LogP contribution in [-0.2, 0) is 9.47 Å². The van der Waals surface area contributed by atoms with Crippen LogP contribution in [0.25, 0.3) is 0 Å². The van der Waals surface area contributed by atoms with Crippen molar-refractivity contribution in [3.8, 4) is 0 Å². The van der Waals surface area contributed by atoms with Gasteiger partial charge in [-0.1, -0.05) is 25.5 Å². The molecule has 0 saturated heterocycles. The summed E-state index contributed by atoms with van der Waals surface area (Å²) in [5, 5.41) is 0. The molecular weight excluding hydrogens is 357 g/mol. The first kappa shape index (κ1) is 16.2. The minimum atomic E-state index is -0.756. The number of methoxy groups -OCH3 is 1. The fourth-order valence-electron chi connectivity index (χ4n) is 2.01. The lowest BCUT2D eigenvalue weighted by atomic mass is 10.00. The van der Waals surface area contributed by atoms with Crippen molar-refractivity contribution in [1.29, 1.82) is 0 Å². The number of hydrogen-bond acceptors (Lipinski definition) is 3. The van der Waals surface area contributed by atoms with Crippen molar-refractivity contribution < 1.29 is 14.3 Å². The Morgan fingerprint density at radius 1 is 1.47 bits per heavy atom. The molecule has 0 radical (unpaired) electrons. The summed E-state index contributed by atoms with van der Waals surface area (Å²) in [6.45, 7) is 2.09. The molecular formula is C14H20INO3. The van der Waals surface area contributed by atoms with E-state index >= 15 is 0 Å². The van der Waals surface area contributed by atoms with Crippen LogP contribution in [0.1, 0.15) is 37.9 Å². The van der Waals surface area contributed by atoms with E-state index in [1.807, 2.05) is 24.3 Å². The molecule has 0 heterocycles. The fraction of sp³-hybridized carbons (Fsp3) is 0.500. The number of nitrogens with two attached hydrogens (primary N) is 1. The number of carbonyl (C=O) groups is 1. The molecule has 1 amide bonds. The van der Waals surface area contributed by atoms with E-state index in [2.05, 4.69) is 29.5 Å². The van der Waals surface area contributed by atoms with Crippen molar-refractivity contribution in [3.63, 3.8) is 0 Å². The van der Waals surface area contributed by atoms with Crippen molar-refractivity contribution in [2.45, 2.75) is 38.4 Å². The summed E-state index contributed by atoms with van der Waals surface area (Å²) >= 11 is 2.24. The van der Waals surface area contributed by atoms with Crippen LogP contribution in [0.5, 0.6) is 0 Å². The van der Waals surface area contributed by atoms with Crippen LogP contribution >= 0.6 is 22.6 Å². The molecule has 5 heteroatoms. The topological polar surface area (TPSA) is 61.5 Å². The summed E-state index contributed by atoms with van der Waals surface area (Å²) in [4.78, 5) is 11.0. The lowest BCUT2D eigenvalue weighted by Gasteiger charge is -2.25. The molecule has 0 aliphatic carbocycles. The quantitative estimate of drug-likeness (QED) is 0.739. The van der Waals surface area contributed by atoms with Crippen molar-refractivity contribution in [1.82, 2.24) is 0 Å². The average Bonchev–Trinajstić information content (AvgIpc) is 2.36. The molecule has 2 N–H and O–H groups in total. The van der Waals surface area contributed by atoms with E-state index in [1.165, 1.54) is 0 Å². The number of rotatable bonds is 7. The minimum absolute atomic E-state index is 0.284. The van der Waals surface area contributed by atoms with E-state index in [0.717, 1.165) is 28.4 Å². The summed E-state index contributed by atoms with van der Waals surface area (Å²) in [7, 11) is 1.62. The second-order valence-corrected chi connectivity index (χ2v) is 5.57. The van der Waals surface area contributed by atoms with Gasteiger partial charge in [0.15, 0.2) is 0 Å². The number of primary amides is 1. The van der Waals surface area contributed by atoms with Gasteiger partial charge in [-0.05, 0) is 53.1 Å². The lowest BCUT2D eigenvalue weighted by molar-refractivity contribution is -0.0257. The van der Waals surface area contributed by atoms with Gasteiger partial charge in [-0.2, -0.15) is 0 Å². The maximum Gasteiger partial charge on any atom is 0.404 e. The van der Waals surface area contributed by atoms with E-state index in [0.29, 0.717) is 0 Å². The number of unbranched alkanes of at least 4 members (excludes halogenated alkanes) is 1. The molecule has 0 unspecified atom stereocenters. The SMILES string of the molecule is CCCC[C@H](OC(N)=O)[C@@H](OC)c1cccc(I)c1. The van der Waals surface area contributed by atoms with Crippen molar-refractivity contribution in [2.24, 2.45) is 5.73 Å². The molecule has 106 valence electrons. The number of amides is 1. The zero-order valence-electron chi connectivity index (χ0n) is 11.3. The number of hydrogen-bond donors (Lipinski definition) is 1. The molecule has 19 heavy (non-hydrogen) atoms. The fourth-order valence-corrected chi connectivity index (χ4v) is 2.58. The Balaban J connectivity index is 2.90. The maximum absolute atomic E-state index is 11.0.